The van der Waals surface area contributed by atoms with Crippen LogP contribution in [0.3, 0.4) is 0 Å². The molecule has 0 radical (unpaired) electrons. The molecule has 0 bridgehead atoms. The van der Waals surface area contributed by atoms with Crippen molar-refractivity contribution in [1.29, 1.82) is 0 Å². The van der Waals surface area contributed by atoms with E-state index in [0.29, 0.717) is 6.42 Å². The molecule has 16 heavy (non-hydrogen) atoms. The summed E-state index contributed by atoms with van der Waals surface area (Å²) in [5, 5.41) is 2.23. The number of hydrogen-bond donors (Lipinski definition) is 1. The fourth-order valence-electron chi connectivity index (χ4n) is 1.72. The van der Waals surface area contributed by atoms with Crippen LogP contribution in [0, 0.1) is 0 Å². The maximum atomic E-state index is 11.1. The summed E-state index contributed by atoms with van der Waals surface area (Å²) in [5.41, 5.74) is 1.30. The predicted octanol–water partition coefficient (Wildman–Crippen LogP) is -1.49. The summed E-state index contributed by atoms with van der Waals surface area (Å²) in [7, 11) is 0. The molecule has 1 aromatic rings. The summed E-state index contributed by atoms with van der Waals surface area (Å²) in [6, 6.07) is 10.3. The SMILES string of the molecule is CC(=O)CC(C)(C)[NH2+]Cc1ccccc1.[I-]. The maximum Gasteiger partial charge on any atom is 0.136 e. The molecule has 0 heterocycles. The summed E-state index contributed by atoms with van der Waals surface area (Å²) in [4.78, 5) is 11.1. The molecular formula is C13H20INO. The molecule has 0 amide bonds. The van der Waals surface area contributed by atoms with Crippen molar-refractivity contribution in [2.45, 2.75) is 39.3 Å². The summed E-state index contributed by atoms with van der Waals surface area (Å²) in [6.45, 7) is 6.80. The lowest BCUT2D eigenvalue weighted by atomic mass is 9.98. The third kappa shape index (κ3) is 6.23. The molecule has 0 unspecified atom stereocenters. The van der Waals surface area contributed by atoms with Gasteiger partial charge in [-0.1, -0.05) is 30.3 Å². The van der Waals surface area contributed by atoms with Crippen LogP contribution >= 0.6 is 0 Å². The fraction of sp³-hybridized carbons (Fsp3) is 0.462. The molecule has 0 aliphatic rings. The topological polar surface area (TPSA) is 33.7 Å². The van der Waals surface area contributed by atoms with Crippen LogP contribution in [0.2, 0.25) is 0 Å². The minimum Gasteiger partial charge on any atom is -1.00 e. The number of ketones is 1. The Kier molecular flexibility index (Phi) is 6.83. The Morgan fingerprint density at radius 1 is 1.25 bits per heavy atom. The summed E-state index contributed by atoms with van der Waals surface area (Å²) < 4.78 is 0. The molecule has 0 saturated carbocycles. The number of carbonyl (C=O) groups excluding carboxylic acids is 1. The van der Waals surface area contributed by atoms with Crippen molar-refractivity contribution < 1.29 is 34.1 Å². The van der Waals surface area contributed by atoms with Crippen LogP contribution in [-0.4, -0.2) is 11.3 Å². The maximum absolute atomic E-state index is 11.1. The van der Waals surface area contributed by atoms with E-state index in [0.717, 1.165) is 6.54 Å². The van der Waals surface area contributed by atoms with Gasteiger partial charge in [0, 0.05) is 5.56 Å². The van der Waals surface area contributed by atoms with Crippen LogP contribution in [0.25, 0.3) is 0 Å². The average molecular weight is 333 g/mol. The molecule has 0 aliphatic carbocycles. The standard InChI is InChI=1S/C13H19NO.HI/c1-11(15)9-13(2,3)14-10-12-7-5-4-6-8-12;/h4-8,14H,9-10H2,1-3H3;1H. The van der Waals surface area contributed by atoms with Gasteiger partial charge in [0.25, 0.3) is 0 Å². The molecule has 0 aromatic heterocycles. The number of Topliss-reactive ketones (excluding diaryl/α,β-unsaturated/α-hetero) is 1. The monoisotopic (exact) mass is 333 g/mol. The number of carbonyl (C=O) groups is 1. The van der Waals surface area contributed by atoms with Crippen molar-refractivity contribution in [2.75, 3.05) is 0 Å². The molecular weight excluding hydrogens is 313 g/mol. The van der Waals surface area contributed by atoms with Gasteiger partial charge < -0.3 is 29.3 Å². The quantitative estimate of drug-likeness (QED) is 0.655. The highest BCUT2D eigenvalue weighted by Crippen LogP contribution is 2.03. The van der Waals surface area contributed by atoms with Crippen LogP contribution in [0.1, 0.15) is 32.8 Å². The first-order valence-electron chi connectivity index (χ1n) is 5.37. The Labute approximate surface area is 115 Å². The predicted molar refractivity (Wildman–Crippen MR) is 61.4 cm³/mol. The highest BCUT2D eigenvalue weighted by Gasteiger charge is 2.22. The van der Waals surface area contributed by atoms with Crippen molar-refractivity contribution in [3.8, 4) is 0 Å². The number of benzene rings is 1. The van der Waals surface area contributed by atoms with Gasteiger partial charge in [0.05, 0.1) is 12.0 Å². The molecule has 90 valence electrons. The average Bonchev–Trinajstić information content (AvgIpc) is 2.15. The van der Waals surface area contributed by atoms with Gasteiger partial charge in [-0.3, -0.25) is 4.79 Å². The Balaban J connectivity index is 0.00000225. The Morgan fingerprint density at radius 3 is 2.31 bits per heavy atom. The van der Waals surface area contributed by atoms with Crippen molar-refractivity contribution in [2.24, 2.45) is 0 Å². The third-order valence-corrected chi connectivity index (χ3v) is 2.44. The highest BCUT2D eigenvalue weighted by molar-refractivity contribution is 5.76. The van der Waals surface area contributed by atoms with E-state index in [1.165, 1.54) is 5.56 Å². The minimum atomic E-state index is 0. The highest BCUT2D eigenvalue weighted by atomic mass is 127. The van der Waals surface area contributed by atoms with Crippen molar-refractivity contribution in [3.05, 3.63) is 35.9 Å². The molecule has 1 rings (SSSR count). The zero-order valence-corrected chi connectivity index (χ0v) is 12.3. The summed E-state index contributed by atoms with van der Waals surface area (Å²) in [6.07, 6.45) is 0.625. The Bertz CT molecular complexity index is 322. The largest absolute Gasteiger partial charge is 1.00 e. The summed E-state index contributed by atoms with van der Waals surface area (Å²) in [5.74, 6) is 0.254. The third-order valence-electron chi connectivity index (χ3n) is 2.44. The van der Waals surface area contributed by atoms with Crippen LogP contribution in [0.15, 0.2) is 30.3 Å². The van der Waals surface area contributed by atoms with Gasteiger partial charge in [0.2, 0.25) is 0 Å². The van der Waals surface area contributed by atoms with E-state index in [1.807, 2.05) is 18.2 Å². The summed E-state index contributed by atoms with van der Waals surface area (Å²) >= 11 is 0. The molecule has 2 N–H and O–H groups in total. The lowest BCUT2D eigenvalue weighted by Gasteiger charge is -2.21. The van der Waals surface area contributed by atoms with Gasteiger partial charge in [-0.25, -0.2) is 0 Å². The lowest BCUT2D eigenvalue weighted by molar-refractivity contribution is -0.734. The molecule has 0 atom stereocenters. The molecule has 2 nitrogen and oxygen atoms in total. The first-order chi connectivity index (χ1) is 6.99. The number of halogens is 1. The molecule has 0 spiro atoms. The molecule has 1 aromatic carbocycles. The molecule has 0 fully saturated rings. The number of rotatable bonds is 5. The van der Waals surface area contributed by atoms with Crippen LogP contribution in [0.4, 0.5) is 0 Å². The first-order valence-corrected chi connectivity index (χ1v) is 5.37. The first kappa shape index (κ1) is 15.6. The zero-order chi connectivity index (χ0) is 11.3. The van der Waals surface area contributed by atoms with E-state index in [1.54, 1.807) is 6.92 Å². The molecule has 0 saturated heterocycles. The second-order valence-corrected chi connectivity index (χ2v) is 4.76. The fourth-order valence-corrected chi connectivity index (χ4v) is 1.72. The van der Waals surface area contributed by atoms with Gasteiger partial charge in [-0.15, -0.1) is 0 Å². The van der Waals surface area contributed by atoms with Crippen LogP contribution < -0.4 is 29.3 Å². The van der Waals surface area contributed by atoms with Gasteiger partial charge in [-0.05, 0) is 20.8 Å². The van der Waals surface area contributed by atoms with Crippen LogP contribution in [0.5, 0.6) is 0 Å². The lowest BCUT2D eigenvalue weighted by Crippen LogP contribution is -3.00. The van der Waals surface area contributed by atoms with E-state index < -0.39 is 0 Å². The zero-order valence-electron chi connectivity index (χ0n) is 10.2. The molecule has 3 heteroatoms. The van der Waals surface area contributed by atoms with Crippen molar-refractivity contribution >= 4 is 5.78 Å². The smallest absolute Gasteiger partial charge is 0.136 e. The minimum absolute atomic E-state index is 0. The number of nitrogens with two attached hydrogens (primary N) is 1. The number of quaternary nitrogens is 1. The van der Waals surface area contributed by atoms with Crippen molar-refractivity contribution in [3.63, 3.8) is 0 Å². The normalized spacial score (nSPS) is 10.7. The van der Waals surface area contributed by atoms with E-state index in [9.17, 15) is 4.79 Å². The van der Waals surface area contributed by atoms with E-state index >= 15 is 0 Å². The van der Waals surface area contributed by atoms with Gasteiger partial charge >= 0.3 is 0 Å². The number of hydrogen-bond acceptors (Lipinski definition) is 1. The van der Waals surface area contributed by atoms with E-state index in [-0.39, 0.29) is 35.3 Å². The molecule has 0 aliphatic heterocycles. The Morgan fingerprint density at radius 2 is 1.81 bits per heavy atom. The second kappa shape index (κ2) is 7.01. The van der Waals surface area contributed by atoms with E-state index in [4.69, 9.17) is 0 Å². The van der Waals surface area contributed by atoms with E-state index in [2.05, 4.69) is 31.3 Å². The van der Waals surface area contributed by atoms with Crippen LogP contribution in [-0.2, 0) is 11.3 Å². The van der Waals surface area contributed by atoms with Gasteiger partial charge in [0.1, 0.15) is 12.3 Å². The van der Waals surface area contributed by atoms with Crippen molar-refractivity contribution in [1.82, 2.24) is 0 Å². The Hall–Kier alpha value is -0.420. The van der Waals surface area contributed by atoms with Gasteiger partial charge in [-0.2, -0.15) is 0 Å². The van der Waals surface area contributed by atoms with Gasteiger partial charge in [0.15, 0.2) is 0 Å². The second-order valence-electron chi connectivity index (χ2n) is 4.76.